The molecule has 22 heavy (non-hydrogen) atoms. The number of aliphatic carboxylic acids is 1. The summed E-state index contributed by atoms with van der Waals surface area (Å²) in [6, 6.07) is 4.56. The second-order valence-corrected chi connectivity index (χ2v) is 4.75. The van der Waals surface area contributed by atoms with Gasteiger partial charge in [0, 0.05) is 12.0 Å². The van der Waals surface area contributed by atoms with Crippen LogP contribution in [0, 0.1) is 5.92 Å². The Labute approximate surface area is 126 Å². The molecule has 2 amide bonds. The Hall–Kier alpha value is -2.77. The van der Waals surface area contributed by atoms with Crippen molar-refractivity contribution < 1.29 is 29.0 Å². The van der Waals surface area contributed by atoms with E-state index in [4.69, 9.17) is 14.6 Å². The van der Waals surface area contributed by atoms with Crippen molar-refractivity contribution >= 4 is 17.8 Å². The van der Waals surface area contributed by atoms with Gasteiger partial charge < -0.3 is 14.6 Å². The largest absolute Gasteiger partial charge is 0.493 e. The zero-order valence-electron chi connectivity index (χ0n) is 12.2. The number of hydrogen-bond acceptors (Lipinski definition) is 5. The molecule has 1 aliphatic heterocycles. The summed E-state index contributed by atoms with van der Waals surface area (Å²) in [6.07, 6.45) is -0.123. The lowest BCUT2D eigenvalue weighted by atomic mass is 10.1. The number of amides is 2. The lowest BCUT2D eigenvalue weighted by Gasteiger charge is -2.17. The number of ether oxygens (including phenoxy) is 2. The molecule has 0 bridgehead atoms. The van der Waals surface area contributed by atoms with Crippen LogP contribution in [0.4, 0.5) is 0 Å². The van der Waals surface area contributed by atoms with Crippen LogP contribution >= 0.6 is 0 Å². The number of carboxylic acid groups (broad SMARTS) is 1. The molecule has 0 spiro atoms. The van der Waals surface area contributed by atoms with Crippen molar-refractivity contribution in [2.24, 2.45) is 5.92 Å². The molecule has 8 nitrogen and oxygen atoms in total. The van der Waals surface area contributed by atoms with Crippen LogP contribution in [0.2, 0.25) is 0 Å². The molecule has 2 rings (SSSR count). The van der Waals surface area contributed by atoms with E-state index >= 15 is 0 Å². The summed E-state index contributed by atoms with van der Waals surface area (Å²) in [4.78, 5) is 34.7. The standard InChI is InChI=1S/C14H16N2O6/c1-21-10-4-3-8(5-11(10)22-2)13(18)15-16-7-9(14(19)20)6-12(16)17/h3-5,9H,6-7H2,1-2H3,(H,15,18)(H,19,20). The number of rotatable bonds is 5. The molecule has 1 heterocycles. The van der Waals surface area contributed by atoms with Gasteiger partial charge in [0.05, 0.1) is 26.7 Å². The van der Waals surface area contributed by atoms with Gasteiger partial charge in [-0.05, 0) is 18.2 Å². The molecular formula is C14H16N2O6. The van der Waals surface area contributed by atoms with Gasteiger partial charge in [0.2, 0.25) is 5.91 Å². The van der Waals surface area contributed by atoms with Crippen molar-refractivity contribution in [3.63, 3.8) is 0 Å². The fourth-order valence-electron chi connectivity index (χ4n) is 2.15. The van der Waals surface area contributed by atoms with Crippen LogP contribution in [0.25, 0.3) is 0 Å². The van der Waals surface area contributed by atoms with Gasteiger partial charge in [-0.3, -0.25) is 24.8 Å². The van der Waals surface area contributed by atoms with Crippen LogP contribution in [-0.2, 0) is 9.59 Å². The Morgan fingerprint density at radius 1 is 1.27 bits per heavy atom. The summed E-state index contributed by atoms with van der Waals surface area (Å²) < 4.78 is 10.2. The Morgan fingerprint density at radius 3 is 2.50 bits per heavy atom. The quantitative estimate of drug-likeness (QED) is 0.809. The van der Waals surface area contributed by atoms with Crippen molar-refractivity contribution in [1.29, 1.82) is 0 Å². The number of nitrogens with one attached hydrogen (secondary N) is 1. The average molecular weight is 308 g/mol. The third-order valence-electron chi connectivity index (χ3n) is 3.36. The molecule has 8 heteroatoms. The SMILES string of the molecule is COc1ccc(C(=O)NN2CC(C(=O)O)CC2=O)cc1OC. The number of carbonyl (C=O) groups excluding carboxylic acids is 2. The molecule has 1 aromatic carbocycles. The lowest BCUT2D eigenvalue weighted by Crippen LogP contribution is -2.43. The summed E-state index contributed by atoms with van der Waals surface area (Å²) in [7, 11) is 2.92. The van der Waals surface area contributed by atoms with E-state index in [0.29, 0.717) is 11.5 Å². The molecule has 0 aromatic heterocycles. The highest BCUT2D eigenvalue weighted by molar-refractivity contribution is 5.96. The number of hydrogen-bond donors (Lipinski definition) is 2. The summed E-state index contributed by atoms with van der Waals surface area (Å²) in [5, 5.41) is 9.93. The van der Waals surface area contributed by atoms with Crippen LogP contribution in [0.1, 0.15) is 16.8 Å². The minimum atomic E-state index is -1.06. The van der Waals surface area contributed by atoms with Gasteiger partial charge in [0.1, 0.15) is 0 Å². The molecular weight excluding hydrogens is 292 g/mol. The fourth-order valence-corrected chi connectivity index (χ4v) is 2.15. The highest BCUT2D eigenvalue weighted by Crippen LogP contribution is 2.27. The van der Waals surface area contributed by atoms with Crippen molar-refractivity contribution in [3.05, 3.63) is 23.8 Å². The van der Waals surface area contributed by atoms with Crippen LogP contribution in [-0.4, -0.2) is 48.7 Å². The molecule has 1 unspecified atom stereocenters. The summed E-state index contributed by atoms with van der Waals surface area (Å²) in [5.74, 6) is -1.97. The highest BCUT2D eigenvalue weighted by atomic mass is 16.5. The Bertz CT molecular complexity index is 615. The fraction of sp³-hybridized carbons (Fsp3) is 0.357. The molecule has 1 aromatic rings. The van der Waals surface area contributed by atoms with E-state index in [1.807, 2.05) is 0 Å². The summed E-state index contributed by atoms with van der Waals surface area (Å²) in [6.45, 7) is -0.0484. The van der Waals surface area contributed by atoms with Crippen LogP contribution in [0.5, 0.6) is 11.5 Å². The first-order valence-corrected chi connectivity index (χ1v) is 6.52. The molecule has 118 valence electrons. The predicted octanol–water partition coefficient (Wildman–Crippen LogP) is 0.282. The molecule has 0 aliphatic carbocycles. The van der Waals surface area contributed by atoms with Gasteiger partial charge in [0.15, 0.2) is 11.5 Å². The number of benzene rings is 1. The van der Waals surface area contributed by atoms with Gasteiger partial charge in [-0.25, -0.2) is 0 Å². The zero-order chi connectivity index (χ0) is 16.3. The monoisotopic (exact) mass is 308 g/mol. The van der Waals surface area contributed by atoms with Crippen molar-refractivity contribution in [3.8, 4) is 11.5 Å². The normalized spacial score (nSPS) is 17.3. The lowest BCUT2D eigenvalue weighted by molar-refractivity contribution is -0.141. The van der Waals surface area contributed by atoms with E-state index < -0.39 is 23.7 Å². The average Bonchev–Trinajstić information content (AvgIpc) is 2.87. The van der Waals surface area contributed by atoms with E-state index in [2.05, 4.69) is 5.43 Å². The van der Waals surface area contributed by atoms with Crippen LogP contribution in [0.3, 0.4) is 0 Å². The molecule has 0 saturated carbocycles. The molecule has 1 fully saturated rings. The van der Waals surface area contributed by atoms with Crippen molar-refractivity contribution in [2.45, 2.75) is 6.42 Å². The van der Waals surface area contributed by atoms with E-state index in [1.54, 1.807) is 6.07 Å². The molecule has 1 atom stereocenters. The number of methoxy groups -OCH3 is 2. The van der Waals surface area contributed by atoms with Crippen LogP contribution < -0.4 is 14.9 Å². The summed E-state index contributed by atoms with van der Waals surface area (Å²) >= 11 is 0. The van der Waals surface area contributed by atoms with Gasteiger partial charge in [-0.1, -0.05) is 0 Å². The topological polar surface area (TPSA) is 105 Å². The first kappa shape index (κ1) is 15.6. The van der Waals surface area contributed by atoms with Gasteiger partial charge in [0.25, 0.3) is 5.91 Å². The first-order valence-electron chi connectivity index (χ1n) is 6.52. The maximum Gasteiger partial charge on any atom is 0.308 e. The van der Waals surface area contributed by atoms with E-state index in [1.165, 1.54) is 26.4 Å². The minimum Gasteiger partial charge on any atom is -0.493 e. The molecule has 1 saturated heterocycles. The first-order chi connectivity index (χ1) is 10.5. The van der Waals surface area contributed by atoms with Gasteiger partial charge >= 0.3 is 5.97 Å². The van der Waals surface area contributed by atoms with Gasteiger partial charge in [-0.2, -0.15) is 0 Å². The van der Waals surface area contributed by atoms with Crippen molar-refractivity contribution in [1.82, 2.24) is 10.4 Å². The second-order valence-electron chi connectivity index (χ2n) is 4.75. The Kier molecular flexibility index (Phi) is 4.50. The third-order valence-corrected chi connectivity index (χ3v) is 3.36. The maximum atomic E-state index is 12.1. The highest BCUT2D eigenvalue weighted by Gasteiger charge is 2.35. The van der Waals surface area contributed by atoms with Crippen LogP contribution in [0.15, 0.2) is 18.2 Å². The third kappa shape index (κ3) is 3.11. The number of hydrazine groups is 1. The summed E-state index contributed by atoms with van der Waals surface area (Å²) in [5.41, 5.74) is 2.67. The molecule has 2 N–H and O–H groups in total. The van der Waals surface area contributed by atoms with Gasteiger partial charge in [-0.15, -0.1) is 0 Å². The van der Waals surface area contributed by atoms with Crippen molar-refractivity contribution in [2.75, 3.05) is 20.8 Å². The maximum absolute atomic E-state index is 12.1. The Balaban J connectivity index is 2.09. The van der Waals surface area contributed by atoms with E-state index in [-0.39, 0.29) is 18.5 Å². The smallest absolute Gasteiger partial charge is 0.308 e. The number of nitrogens with zero attached hydrogens (tertiary/aromatic N) is 1. The second kappa shape index (κ2) is 6.33. The number of carboxylic acids is 1. The minimum absolute atomic E-state index is 0.0484. The zero-order valence-corrected chi connectivity index (χ0v) is 12.2. The Morgan fingerprint density at radius 2 is 1.95 bits per heavy atom. The van der Waals surface area contributed by atoms with E-state index in [9.17, 15) is 14.4 Å². The molecule has 0 radical (unpaired) electrons. The number of carbonyl (C=O) groups is 3. The molecule has 1 aliphatic rings. The predicted molar refractivity (Wildman–Crippen MR) is 74.5 cm³/mol. The van der Waals surface area contributed by atoms with E-state index in [0.717, 1.165) is 5.01 Å².